The van der Waals surface area contributed by atoms with Crippen LogP contribution in [0.4, 0.5) is 8.78 Å². The molecule has 5 aromatic rings. The van der Waals surface area contributed by atoms with E-state index in [1.54, 1.807) is 37.0 Å². The molecule has 0 radical (unpaired) electrons. The fourth-order valence-electron chi connectivity index (χ4n) is 5.14. The molecule has 0 unspecified atom stereocenters. The summed E-state index contributed by atoms with van der Waals surface area (Å²) >= 11 is 0. The predicted octanol–water partition coefficient (Wildman–Crippen LogP) is 2.56. The molecule has 0 spiro atoms. The van der Waals surface area contributed by atoms with Gasteiger partial charge < -0.3 is 15.2 Å². The Labute approximate surface area is 226 Å². The van der Waals surface area contributed by atoms with E-state index in [-0.39, 0.29) is 23.4 Å². The summed E-state index contributed by atoms with van der Waals surface area (Å²) in [4.78, 5) is 30.8. The van der Waals surface area contributed by atoms with Crippen molar-refractivity contribution in [3.63, 3.8) is 0 Å². The topological polar surface area (TPSA) is 116 Å². The molecule has 1 saturated heterocycles. The van der Waals surface area contributed by atoms with Gasteiger partial charge >= 0.3 is 5.69 Å². The molecule has 2 aromatic carbocycles. The highest BCUT2D eigenvalue weighted by atomic mass is 19.1. The summed E-state index contributed by atoms with van der Waals surface area (Å²) in [6.45, 7) is 1.68. The van der Waals surface area contributed by atoms with Gasteiger partial charge in [0, 0.05) is 43.2 Å². The molecule has 2 atom stereocenters. The first-order valence-corrected chi connectivity index (χ1v) is 12.8. The van der Waals surface area contributed by atoms with Crippen molar-refractivity contribution >= 4 is 22.5 Å². The zero-order chi connectivity index (χ0) is 28.1. The summed E-state index contributed by atoms with van der Waals surface area (Å²) in [5.74, 6) is -2.24. The number of amides is 1. The molecule has 3 aromatic heterocycles. The molecule has 0 saturated carbocycles. The summed E-state index contributed by atoms with van der Waals surface area (Å²) in [5.41, 5.74) is 1.34. The number of nitrogens with zero attached hydrogens (tertiary/aromatic N) is 5. The number of aryl methyl sites for hydroxylation is 2. The summed E-state index contributed by atoms with van der Waals surface area (Å²) in [6, 6.07) is 7.25. The van der Waals surface area contributed by atoms with Crippen molar-refractivity contribution in [2.75, 3.05) is 13.2 Å². The van der Waals surface area contributed by atoms with Gasteiger partial charge in [-0.1, -0.05) is 12.1 Å². The van der Waals surface area contributed by atoms with Crippen molar-refractivity contribution in [3.05, 3.63) is 87.9 Å². The van der Waals surface area contributed by atoms with Gasteiger partial charge in [-0.15, -0.1) is 0 Å². The number of rotatable bonds is 5. The van der Waals surface area contributed by atoms with Crippen LogP contribution in [0.5, 0.6) is 0 Å². The van der Waals surface area contributed by atoms with E-state index in [1.807, 2.05) is 6.07 Å². The van der Waals surface area contributed by atoms with E-state index in [1.165, 1.54) is 28.9 Å². The maximum Gasteiger partial charge on any atom is 0.334 e. The number of halogens is 2. The Morgan fingerprint density at radius 1 is 1.20 bits per heavy atom. The van der Waals surface area contributed by atoms with Crippen molar-refractivity contribution in [3.8, 4) is 11.1 Å². The zero-order valence-corrected chi connectivity index (χ0v) is 21.8. The maximum absolute atomic E-state index is 15.4. The minimum absolute atomic E-state index is 0.0343. The first-order valence-electron chi connectivity index (χ1n) is 12.8. The van der Waals surface area contributed by atoms with E-state index in [9.17, 15) is 14.7 Å². The summed E-state index contributed by atoms with van der Waals surface area (Å²) in [7, 11) is 1.77. The van der Waals surface area contributed by atoms with Crippen molar-refractivity contribution in [1.82, 2.24) is 29.0 Å². The predicted molar refractivity (Wildman–Crippen MR) is 142 cm³/mol. The Kier molecular flexibility index (Phi) is 6.43. The molecule has 12 heteroatoms. The van der Waals surface area contributed by atoms with E-state index < -0.39 is 41.9 Å². The lowest BCUT2D eigenvalue weighted by Gasteiger charge is -2.28. The Morgan fingerprint density at radius 3 is 2.73 bits per heavy atom. The summed E-state index contributed by atoms with van der Waals surface area (Å²) in [6.07, 6.45) is 4.00. The van der Waals surface area contributed by atoms with Crippen molar-refractivity contribution in [1.29, 1.82) is 0 Å². The first kappa shape index (κ1) is 25.8. The van der Waals surface area contributed by atoms with Crippen LogP contribution in [0.2, 0.25) is 0 Å². The number of aliphatic hydroxyl groups is 1. The molecule has 206 valence electrons. The maximum atomic E-state index is 15.4. The lowest BCUT2D eigenvalue weighted by atomic mass is 10.00. The number of imidazole rings is 1. The van der Waals surface area contributed by atoms with Gasteiger partial charge in [-0.2, -0.15) is 5.10 Å². The van der Waals surface area contributed by atoms with Gasteiger partial charge in [-0.3, -0.25) is 18.4 Å². The van der Waals surface area contributed by atoms with Crippen LogP contribution in [0.15, 0.2) is 53.7 Å². The highest BCUT2D eigenvalue weighted by molar-refractivity contribution is 5.99. The van der Waals surface area contributed by atoms with Gasteiger partial charge in [0.05, 0.1) is 42.1 Å². The van der Waals surface area contributed by atoms with Gasteiger partial charge in [0.2, 0.25) is 0 Å². The Balaban J connectivity index is 1.38. The third-order valence-corrected chi connectivity index (χ3v) is 7.14. The smallest absolute Gasteiger partial charge is 0.334 e. The van der Waals surface area contributed by atoms with E-state index >= 15 is 8.78 Å². The van der Waals surface area contributed by atoms with Gasteiger partial charge in [-0.25, -0.2) is 18.6 Å². The molecule has 1 fully saturated rings. The fourth-order valence-corrected chi connectivity index (χ4v) is 5.14. The monoisotopic (exact) mass is 548 g/mol. The minimum Gasteiger partial charge on any atom is -0.389 e. The van der Waals surface area contributed by atoms with Gasteiger partial charge in [0.25, 0.3) is 5.91 Å². The second-order valence-corrected chi connectivity index (χ2v) is 10.00. The number of ether oxygens (including phenoxy) is 1. The average molecular weight is 549 g/mol. The zero-order valence-electron chi connectivity index (χ0n) is 21.8. The van der Waals surface area contributed by atoms with Gasteiger partial charge in [0.1, 0.15) is 11.6 Å². The van der Waals surface area contributed by atoms with E-state index in [0.29, 0.717) is 35.4 Å². The minimum atomic E-state index is -0.889. The molecule has 2 N–H and O–H groups in total. The van der Waals surface area contributed by atoms with E-state index in [0.717, 1.165) is 9.95 Å². The number of nitrogens with one attached hydrogen (secondary N) is 1. The molecular weight excluding hydrogens is 522 g/mol. The molecule has 1 amide bonds. The third-order valence-electron chi connectivity index (χ3n) is 7.14. The Hall–Kier alpha value is -4.42. The molecule has 40 heavy (non-hydrogen) atoms. The number of carbonyl (C=O) groups excluding carboxylic acids is 1. The van der Waals surface area contributed by atoms with E-state index in [2.05, 4.69) is 15.4 Å². The number of aliphatic hydroxyl groups excluding tert-OH is 1. The Morgan fingerprint density at radius 2 is 1.98 bits per heavy atom. The van der Waals surface area contributed by atoms with Crippen LogP contribution in [-0.4, -0.2) is 60.1 Å². The highest BCUT2D eigenvalue weighted by Gasteiger charge is 2.27. The number of hydrogen-bond donors (Lipinski definition) is 2. The van der Waals surface area contributed by atoms with Crippen LogP contribution in [0, 0.1) is 18.6 Å². The number of fused-ring (bicyclic) bond motifs is 2. The van der Waals surface area contributed by atoms with Crippen LogP contribution in [-0.2, 0) is 18.3 Å². The quantitative estimate of drug-likeness (QED) is 0.349. The number of aromatic nitrogens is 5. The molecule has 10 nitrogen and oxygen atoms in total. The second kappa shape index (κ2) is 9.96. The molecule has 1 aliphatic heterocycles. The number of carbonyl (C=O) groups is 1. The van der Waals surface area contributed by atoms with Crippen molar-refractivity contribution in [2.24, 2.45) is 7.05 Å². The average Bonchev–Trinajstić information content (AvgIpc) is 3.50. The lowest BCUT2D eigenvalue weighted by Crippen LogP contribution is -2.49. The van der Waals surface area contributed by atoms with E-state index in [4.69, 9.17) is 4.74 Å². The molecule has 0 aliphatic carbocycles. The van der Waals surface area contributed by atoms with Crippen molar-refractivity contribution < 1.29 is 23.4 Å². The van der Waals surface area contributed by atoms with Crippen molar-refractivity contribution in [2.45, 2.75) is 32.0 Å². The number of hydrogen-bond acceptors (Lipinski definition) is 6. The molecule has 0 bridgehead atoms. The van der Waals surface area contributed by atoms with Crippen LogP contribution in [0.3, 0.4) is 0 Å². The van der Waals surface area contributed by atoms with Gasteiger partial charge in [-0.05, 0) is 42.7 Å². The lowest BCUT2D eigenvalue weighted by molar-refractivity contribution is -0.0260. The SMILES string of the molecule is Cc1cn2c(=O)n(Cc3c(F)cc(-c4cccc5nn(C)cc45)cc3F)cc(C(=O)N[C@H]3CCOC[C@@H]3O)c2n1. The highest BCUT2D eigenvalue weighted by Crippen LogP contribution is 2.30. The standard InChI is InChI=1S/C28H26F2N6O4/c1-15-10-36-26(31-15)20(27(38)32-24-6-7-40-14-25(24)37)13-35(28(36)39)12-19-21(29)8-16(9-22(19)30)17-4-3-5-23-18(17)11-34(2)33-23/h3-5,8-11,13,24-25,37H,6-7,12,14H2,1-2H3,(H,32,38)/t24-,25-/m0/s1. The fraction of sp³-hybridized carbons (Fsp3) is 0.286. The molecule has 6 rings (SSSR count). The van der Waals surface area contributed by atoms with Gasteiger partial charge in [0.15, 0.2) is 5.65 Å². The summed E-state index contributed by atoms with van der Waals surface area (Å²) < 4.78 is 40.0. The number of benzene rings is 2. The van der Waals surface area contributed by atoms with Crippen LogP contribution in [0.1, 0.15) is 28.0 Å². The second-order valence-electron chi connectivity index (χ2n) is 10.00. The Bertz CT molecular complexity index is 1820. The van der Waals surface area contributed by atoms with Crippen LogP contribution < -0.4 is 11.0 Å². The van der Waals surface area contributed by atoms with Crippen LogP contribution in [0.25, 0.3) is 27.7 Å². The summed E-state index contributed by atoms with van der Waals surface area (Å²) in [5, 5.41) is 18.1. The van der Waals surface area contributed by atoms with Crippen LogP contribution >= 0.6 is 0 Å². The first-order chi connectivity index (χ1) is 19.2. The molecular formula is C28H26F2N6O4. The normalized spacial score (nSPS) is 17.5. The molecule has 1 aliphatic rings. The largest absolute Gasteiger partial charge is 0.389 e. The molecule has 4 heterocycles. The third kappa shape index (κ3) is 4.54.